The van der Waals surface area contributed by atoms with E-state index >= 15 is 0 Å². The predicted octanol–water partition coefficient (Wildman–Crippen LogP) is -0.280. The van der Waals surface area contributed by atoms with Crippen molar-refractivity contribution in [1.82, 2.24) is 45.0 Å². The highest BCUT2D eigenvalue weighted by Crippen LogP contribution is 2.30. The first-order valence-corrected chi connectivity index (χ1v) is 12.4. The summed E-state index contributed by atoms with van der Waals surface area (Å²) in [4.78, 5) is 70.5. The third-order valence-electron chi connectivity index (χ3n) is 7.06. The summed E-state index contributed by atoms with van der Waals surface area (Å²) in [6.45, 7) is 3.52. The summed E-state index contributed by atoms with van der Waals surface area (Å²) in [6.07, 6.45) is 0. The van der Waals surface area contributed by atoms with E-state index in [4.69, 9.17) is 0 Å². The lowest BCUT2D eigenvalue weighted by Crippen LogP contribution is -2.21. The molecule has 0 aliphatic heterocycles. The van der Waals surface area contributed by atoms with E-state index in [0.717, 1.165) is 14.0 Å². The molecule has 0 spiro atoms. The molecule has 4 rings (SSSR count). The van der Waals surface area contributed by atoms with E-state index in [1.54, 1.807) is 20.8 Å². The van der Waals surface area contributed by atoms with Crippen molar-refractivity contribution in [2.45, 2.75) is 40.4 Å². The van der Waals surface area contributed by atoms with Crippen LogP contribution in [0.1, 0.15) is 96.3 Å². The fourth-order valence-corrected chi connectivity index (χ4v) is 4.89. The molecule has 0 aliphatic rings. The minimum absolute atomic E-state index is 0.306. The summed E-state index contributed by atoms with van der Waals surface area (Å²) >= 11 is 0. The molecule has 0 saturated carbocycles. The summed E-state index contributed by atoms with van der Waals surface area (Å²) < 4.78 is 2.43. The molecule has 4 aromatic rings. The minimum atomic E-state index is -1.65. The summed E-state index contributed by atoms with van der Waals surface area (Å²) in [7, 11) is 0. The van der Waals surface area contributed by atoms with Gasteiger partial charge in [-0.3, -0.25) is 0 Å². The van der Waals surface area contributed by atoms with Crippen LogP contribution in [0.2, 0.25) is 0 Å². The average molecular weight is 627 g/mol. The number of carboxylic acids is 6. The molecule has 0 bridgehead atoms. The number of nitrogens with zero attached hydrogens (tertiary/aromatic N) is 9. The number of aromatic carboxylic acids is 6. The Balaban J connectivity index is 1.99. The number of hydrogen-bond acceptors (Lipinski definition) is 12. The van der Waals surface area contributed by atoms with Gasteiger partial charge >= 0.3 is 35.8 Å². The molecule has 0 atom stereocenters. The number of carbonyl (C=O) groups is 6. The molecule has 0 fully saturated rings. The smallest absolute Gasteiger partial charge is 0.359 e. The first-order valence-electron chi connectivity index (χ1n) is 12.4. The first kappa shape index (κ1) is 31.4. The molecular weight excluding hydrogens is 606 g/mol. The highest BCUT2D eigenvalue weighted by molar-refractivity contribution is 6.00. The van der Waals surface area contributed by atoms with Gasteiger partial charge in [0.1, 0.15) is 0 Å². The van der Waals surface area contributed by atoms with Crippen LogP contribution in [0.5, 0.6) is 0 Å². The van der Waals surface area contributed by atoms with Crippen molar-refractivity contribution in [2.75, 3.05) is 0 Å². The number of benzene rings is 1. The molecular formula is C24H21N9O12. The maximum Gasteiger partial charge on any atom is 0.359 e. The Hall–Kier alpha value is -6.54. The van der Waals surface area contributed by atoms with Crippen molar-refractivity contribution >= 4 is 35.8 Å². The molecule has 21 nitrogen and oxygen atoms in total. The highest BCUT2D eigenvalue weighted by Gasteiger charge is 2.30. The molecule has 0 amide bonds. The summed E-state index contributed by atoms with van der Waals surface area (Å²) in [6, 6.07) is 0. The maximum atomic E-state index is 11.9. The van der Waals surface area contributed by atoms with E-state index in [-0.39, 0.29) is 0 Å². The molecule has 234 valence electrons. The third-order valence-corrected chi connectivity index (χ3v) is 7.06. The Morgan fingerprint density at radius 2 is 0.667 bits per heavy atom. The van der Waals surface area contributed by atoms with E-state index in [1.165, 1.54) is 0 Å². The molecule has 0 radical (unpaired) electrons. The quantitative estimate of drug-likeness (QED) is 0.118. The van der Waals surface area contributed by atoms with Crippen molar-refractivity contribution in [2.24, 2.45) is 0 Å². The van der Waals surface area contributed by atoms with E-state index in [1.807, 2.05) is 0 Å². The zero-order valence-electron chi connectivity index (χ0n) is 23.3. The summed E-state index contributed by atoms with van der Waals surface area (Å²) in [5.74, 6) is -9.90. The predicted molar refractivity (Wildman–Crippen MR) is 140 cm³/mol. The summed E-state index contributed by atoms with van der Waals surface area (Å²) in [5.41, 5.74) is -2.68. The van der Waals surface area contributed by atoms with Crippen LogP contribution in [0.25, 0.3) is 0 Å². The van der Waals surface area contributed by atoms with Crippen molar-refractivity contribution in [3.8, 4) is 0 Å². The number of carboxylic acid groups (broad SMARTS) is 6. The second kappa shape index (κ2) is 11.6. The topological polar surface area (TPSA) is 316 Å². The Kier molecular flexibility index (Phi) is 8.11. The Morgan fingerprint density at radius 3 is 0.844 bits per heavy atom. The van der Waals surface area contributed by atoms with Crippen molar-refractivity contribution in [1.29, 1.82) is 0 Å². The molecule has 6 N–H and O–H groups in total. The maximum absolute atomic E-state index is 11.9. The van der Waals surface area contributed by atoms with Crippen LogP contribution in [-0.4, -0.2) is 111 Å². The van der Waals surface area contributed by atoms with Crippen LogP contribution >= 0.6 is 0 Å². The second-order valence-electron chi connectivity index (χ2n) is 9.47. The number of aromatic nitrogens is 9. The molecule has 1 aromatic carbocycles. The number of hydrogen-bond donors (Lipinski definition) is 6. The van der Waals surface area contributed by atoms with Gasteiger partial charge in [0, 0.05) is 0 Å². The molecule has 0 saturated heterocycles. The zero-order chi connectivity index (χ0) is 33.5. The van der Waals surface area contributed by atoms with Gasteiger partial charge in [-0.15, -0.1) is 15.3 Å². The van der Waals surface area contributed by atoms with Crippen LogP contribution in [0.4, 0.5) is 0 Å². The van der Waals surface area contributed by atoms with E-state index < -0.39 is 89.6 Å². The van der Waals surface area contributed by atoms with Crippen molar-refractivity contribution < 1.29 is 59.4 Å². The van der Waals surface area contributed by atoms with Gasteiger partial charge in [0.15, 0.2) is 17.1 Å². The van der Waals surface area contributed by atoms with Crippen LogP contribution in [0.3, 0.4) is 0 Å². The lowest BCUT2D eigenvalue weighted by molar-refractivity contribution is 0.0640. The molecule has 21 heteroatoms. The largest absolute Gasteiger partial charge is 0.476 e. The van der Waals surface area contributed by atoms with Crippen LogP contribution < -0.4 is 0 Å². The Bertz CT molecular complexity index is 1710. The molecule has 3 heterocycles. The van der Waals surface area contributed by atoms with E-state index in [0.29, 0.717) is 33.4 Å². The van der Waals surface area contributed by atoms with Gasteiger partial charge in [0.25, 0.3) is 0 Å². The second-order valence-corrected chi connectivity index (χ2v) is 9.47. The van der Waals surface area contributed by atoms with Gasteiger partial charge in [-0.1, -0.05) is 15.6 Å². The van der Waals surface area contributed by atoms with Crippen LogP contribution in [0, 0.1) is 20.8 Å². The van der Waals surface area contributed by atoms with Gasteiger partial charge < -0.3 is 30.6 Å². The lowest BCUT2D eigenvalue weighted by Gasteiger charge is -2.23. The SMILES string of the molecule is Cc1c(Cn2nnc(C(=O)O)c2C(=O)O)c(C)c(Cn2nnc(C(=O)O)c2C(=O)O)c(C)c1Cn1nnc(C(=O)O)c1C(=O)O. The Morgan fingerprint density at radius 1 is 0.444 bits per heavy atom. The van der Waals surface area contributed by atoms with E-state index in [9.17, 15) is 59.4 Å². The lowest BCUT2D eigenvalue weighted by atomic mass is 9.87. The van der Waals surface area contributed by atoms with Crippen LogP contribution in [-0.2, 0) is 19.6 Å². The van der Waals surface area contributed by atoms with Gasteiger partial charge in [0.05, 0.1) is 19.6 Å². The number of rotatable bonds is 12. The fraction of sp³-hybridized carbons (Fsp3) is 0.250. The van der Waals surface area contributed by atoms with Crippen molar-refractivity contribution in [3.63, 3.8) is 0 Å². The highest BCUT2D eigenvalue weighted by atomic mass is 16.4. The fourth-order valence-electron chi connectivity index (χ4n) is 4.89. The van der Waals surface area contributed by atoms with Gasteiger partial charge in [-0.05, 0) is 54.2 Å². The Labute approximate surface area is 248 Å². The van der Waals surface area contributed by atoms with E-state index in [2.05, 4.69) is 30.9 Å². The normalized spacial score (nSPS) is 11.0. The molecule has 0 aliphatic carbocycles. The zero-order valence-corrected chi connectivity index (χ0v) is 23.3. The standard InChI is InChI=1S/C24H21N9O12/c1-7-10(4-31-16(22(40)41)13(19(34)35)25-28-31)8(2)12(6-33-18(24(44)45)15(21(38)39)27-30-33)9(3)11(7)5-32-17(23(42)43)14(20(36)37)26-29-32/h4-6H2,1-3H3,(H,34,35)(H,36,37)(H,38,39)(H,40,41)(H,42,43)(H,44,45). The first-order chi connectivity index (χ1) is 21.1. The van der Waals surface area contributed by atoms with Gasteiger partial charge in [-0.2, -0.15) is 0 Å². The molecule has 0 unspecified atom stereocenters. The van der Waals surface area contributed by atoms with Gasteiger partial charge in [-0.25, -0.2) is 42.8 Å². The molecule has 3 aromatic heterocycles. The third kappa shape index (κ3) is 5.51. The van der Waals surface area contributed by atoms with Crippen LogP contribution in [0.15, 0.2) is 0 Å². The monoisotopic (exact) mass is 627 g/mol. The molecule has 45 heavy (non-hydrogen) atoms. The van der Waals surface area contributed by atoms with Crippen molar-refractivity contribution in [3.05, 3.63) is 67.5 Å². The average Bonchev–Trinajstić information content (AvgIpc) is 3.68. The summed E-state index contributed by atoms with van der Waals surface area (Å²) in [5, 5.41) is 78.6. The van der Waals surface area contributed by atoms with Gasteiger partial charge in [0.2, 0.25) is 17.1 Å². The minimum Gasteiger partial charge on any atom is -0.476 e.